The number of Topliss-reactive ketones (excluding diaryl/α,β-unsaturated/α-hetero) is 1. The van der Waals surface area contributed by atoms with Crippen LogP contribution >= 0.6 is 11.3 Å². The number of aromatic nitrogens is 2. The Morgan fingerprint density at radius 1 is 1.47 bits per heavy atom. The average molecular weight is 278 g/mol. The zero-order valence-electron chi connectivity index (χ0n) is 10.8. The van der Waals surface area contributed by atoms with E-state index < -0.39 is 6.10 Å². The Kier molecular flexibility index (Phi) is 3.66. The lowest BCUT2D eigenvalue weighted by molar-refractivity contribution is -0.129. The number of carbonyl (C=O) groups excluding carboxylic acids is 1. The van der Waals surface area contributed by atoms with Gasteiger partial charge in [-0.3, -0.25) is 9.20 Å². The summed E-state index contributed by atoms with van der Waals surface area (Å²) in [5.41, 5.74) is 0.756. The van der Waals surface area contributed by atoms with Gasteiger partial charge < -0.3 is 5.11 Å². The van der Waals surface area contributed by atoms with Crippen molar-refractivity contribution in [2.24, 2.45) is 5.92 Å². The zero-order valence-corrected chi connectivity index (χ0v) is 11.6. The predicted octanol–water partition coefficient (Wildman–Crippen LogP) is 2.45. The van der Waals surface area contributed by atoms with Crippen molar-refractivity contribution in [2.45, 2.75) is 44.6 Å². The van der Waals surface area contributed by atoms with Gasteiger partial charge in [0.1, 0.15) is 6.10 Å². The van der Waals surface area contributed by atoms with Gasteiger partial charge in [-0.25, -0.2) is 4.98 Å². The summed E-state index contributed by atoms with van der Waals surface area (Å²) in [6.45, 7) is 0. The van der Waals surface area contributed by atoms with Crippen molar-refractivity contribution in [1.29, 1.82) is 0 Å². The molecule has 1 N–H and O–H groups in total. The molecular weight excluding hydrogens is 260 g/mol. The number of carbonyl (C=O) groups is 1. The van der Waals surface area contributed by atoms with Crippen LogP contribution in [0.1, 0.15) is 37.8 Å². The van der Waals surface area contributed by atoms with E-state index in [1.807, 2.05) is 22.2 Å². The lowest BCUT2D eigenvalue weighted by atomic mass is 9.83. The van der Waals surface area contributed by atoms with Gasteiger partial charge in [0, 0.05) is 17.8 Å². The van der Waals surface area contributed by atoms with Gasteiger partial charge in [-0.05, 0) is 18.8 Å². The van der Waals surface area contributed by atoms with E-state index in [2.05, 4.69) is 4.98 Å². The van der Waals surface area contributed by atoms with Crippen LogP contribution in [0.15, 0.2) is 17.8 Å². The minimum absolute atomic E-state index is 0.0855. The van der Waals surface area contributed by atoms with Crippen LogP contribution in [-0.4, -0.2) is 26.4 Å². The Morgan fingerprint density at radius 2 is 2.26 bits per heavy atom. The van der Waals surface area contributed by atoms with E-state index in [0.717, 1.165) is 36.3 Å². The molecule has 0 bridgehead atoms. The van der Waals surface area contributed by atoms with Gasteiger partial charge in [-0.2, -0.15) is 0 Å². The van der Waals surface area contributed by atoms with Gasteiger partial charge in [0.2, 0.25) is 0 Å². The van der Waals surface area contributed by atoms with Crippen LogP contribution in [0.25, 0.3) is 4.96 Å². The minimum atomic E-state index is -0.806. The molecule has 1 aliphatic carbocycles. The number of rotatable bonds is 4. The second-order valence-corrected chi connectivity index (χ2v) is 6.18. The molecule has 2 aromatic heterocycles. The highest BCUT2D eigenvalue weighted by molar-refractivity contribution is 7.15. The summed E-state index contributed by atoms with van der Waals surface area (Å²) >= 11 is 1.55. The van der Waals surface area contributed by atoms with Crippen LogP contribution in [0.3, 0.4) is 0 Å². The number of nitrogens with zero attached hydrogens (tertiary/aromatic N) is 2. The summed E-state index contributed by atoms with van der Waals surface area (Å²) < 4.78 is 1.92. The minimum Gasteiger partial charge on any atom is -0.385 e. The van der Waals surface area contributed by atoms with Crippen molar-refractivity contribution in [3.8, 4) is 0 Å². The van der Waals surface area contributed by atoms with E-state index in [0.29, 0.717) is 0 Å². The van der Waals surface area contributed by atoms with Crippen LogP contribution in [0.5, 0.6) is 0 Å². The van der Waals surface area contributed by atoms with E-state index in [4.69, 9.17) is 0 Å². The summed E-state index contributed by atoms with van der Waals surface area (Å²) in [5, 5.41) is 12.1. The maximum Gasteiger partial charge on any atom is 0.193 e. The molecule has 0 amide bonds. The maximum atomic E-state index is 12.1. The summed E-state index contributed by atoms with van der Waals surface area (Å²) in [7, 11) is 0. The monoisotopic (exact) mass is 278 g/mol. The number of ketones is 1. The van der Waals surface area contributed by atoms with E-state index in [1.165, 1.54) is 6.42 Å². The predicted molar refractivity (Wildman–Crippen MR) is 74.4 cm³/mol. The van der Waals surface area contributed by atoms with Crippen LogP contribution in [-0.2, 0) is 11.2 Å². The van der Waals surface area contributed by atoms with E-state index in [-0.39, 0.29) is 18.1 Å². The molecule has 1 atom stereocenters. The Balaban J connectivity index is 1.65. The first-order valence-corrected chi connectivity index (χ1v) is 7.74. The highest BCUT2D eigenvalue weighted by Crippen LogP contribution is 2.27. The summed E-state index contributed by atoms with van der Waals surface area (Å²) in [4.78, 5) is 17.4. The van der Waals surface area contributed by atoms with Crippen LogP contribution in [0, 0.1) is 5.92 Å². The quantitative estimate of drug-likeness (QED) is 0.934. The molecule has 0 aliphatic heterocycles. The number of thiazole rings is 1. The summed E-state index contributed by atoms with van der Waals surface area (Å²) in [6.07, 6.45) is 8.69. The molecule has 0 saturated heterocycles. The fraction of sp³-hybridized carbons (Fsp3) is 0.571. The third-order valence-corrected chi connectivity index (χ3v) is 4.70. The van der Waals surface area contributed by atoms with Gasteiger partial charge in [-0.15, -0.1) is 11.3 Å². The topological polar surface area (TPSA) is 54.6 Å². The van der Waals surface area contributed by atoms with E-state index >= 15 is 0 Å². The Morgan fingerprint density at radius 3 is 3.00 bits per heavy atom. The molecule has 2 heterocycles. The summed E-state index contributed by atoms with van der Waals surface area (Å²) in [6, 6.07) is 0. The molecule has 0 radical (unpaired) electrons. The molecule has 4 nitrogen and oxygen atoms in total. The van der Waals surface area contributed by atoms with Crippen molar-refractivity contribution < 1.29 is 9.90 Å². The summed E-state index contributed by atoms with van der Waals surface area (Å²) in [5.74, 6) is 0.0719. The van der Waals surface area contributed by atoms with Crippen LogP contribution in [0.4, 0.5) is 0 Å². The standard InChI is InChI=1S/C14H18N2O2S/c17-12(13(18)10-4-2-1-3-5-10)8-11-9-16-6-7-19-14(16)15-11/h6-7,9-10,13,18H,1-5,8H2. The third kappa shape index (κ3) is 2.72. The number of fused-ring (bicyclic) bond motifs is 1. The molecule has 19 heavy (non-hydrogen) atoms. The first-order valence-electron chi connectivity index (χ1n) is 6.86. The fourth-order valence-electron chi connectivity index (χ4n) is 2.86. The van der Waals surface area contributed by atoms with Gasteiger partial charge in [0.05, 0.1) is 12.1 Å². The van der Waals surface area contributed by atoms with Gasteiger partial charge in [-0.1, -0.05) is 19.3 Å². The van der Waals surface area contributed by atoms with Gasteiger partial charge in [0.15, 0.2) is 10.7 Å². The first-order chi connectivity index (χ1) is 9.24. The van der Waals surface area contributed by atoms with Crippen molar-refractivity contribution in [1.82, 2.24) is 9.38 Å². The first kappa shape index (κ1) is 12.8. The Labute approximate surface area is 116 Å². The molecule has 102 valence electrons. The Hall–Kier alpha value is -1.20. The SMILES string of the molecule is O=C(Cc1cn2ccsc2n1)C(O)C1CCCCC1. The number of aliphatic hydroxyl groups is 1. The lowest BCUT2D eigenvalue weighted by Gasteiger charge is -2.25. The molecule has 0 spiro atoms. The zero-order chi connectivity index (χ0) is 13.2. The van der Waals surface area contributed by atoms with Crippen LogP contribution < -0.4 is 0 Å². The molecular formula is C14H18N2O2S. The number of aliphatic hydroxyl groups excluding tert-OH is 1. The highest BCUT2D eigenvalue weighted by Gasteiger charge is 2.27. The average Bonchev–Trinajstić information content (AvgIpc) is 2.99. The van der Waals surface area contributed by atoms with Gasteiger partial charge >= 0.3 is 0 Å². The maximum absolute atomic E-state index is 12.1. The lowest BCUT2D eigenvalue weighted by Crippen LogP contribution is -2.32. The molecule has 0 aromatic carbocycles. The molecule has 1 saturated carbocycles. The highest BCUT2D eigenvalue weighted by atomic mass is 32.1. The fourth-order valence-corrected chi connectivity index (χ4v) is 3.58. The van der Waals surface area contributed by atoms with Crippen molar-refractivity contribution in [3.05, 3.63) is 23.5 Å². The molecule has 1 unspecified atom stereocenters. The number of hydrogen-bond donors (Lipinski definition) is 1. The third-order valence-electron chi connectivity index (χ3n) is 3.92. The normalized spacial score (nSPS) is 18.8. The van der Waals surface area contributed by atoms with Crippen molar-refractivity contribution >= 4 is 22.1 Å². The molecule has 3 rings (SSSR count). The smallest absolute Gasteiger partial charge is 0.193 e. The second-order valence-electron chi connectivity index (χ2n) is 5.31. The van der Waals surface area contributed by atoms with Crippen molar-refractivity contribution in [3.63, 3.8) is 0 Å². The van der Waals surface area contributed by atoms with Gasteiger partial charge in [0.25, 0.3) is 0 Å². The second kappa shape index (κ2) is 5.43. The number of hydrogen-bond acceptors (Lipinski definition) is 4. The Bertz CT molecular complexity index is 540. The van der Waals surface area contributed by atoms with E-state index in [1.54, 1.807) is 11.3 Å². The molecule has 1 aliphatic rings. The number of imidazole rings is 1. The van der Waals surface area contributed by atoms with Crippen LogP contribution in [0.2, 0.25) is 0 Å². The van der Waals surface area contributed by atoms with Crippen molar-refractivity contribution in [2.75, 3.05) is 0 Å². The molecule has 5 heteroatoms. The van der Waals surface area contributed by atoms with E-state index in [9.17, 15) is 9.90 Å². The molecule has 1 fully saturated rings. The molecule has 2 aromatic rings. The largest absolute Gasteiger partial charge is 0.385 e.